The second kappa shape index (κ2) is 3.84. The molecule has 4 heteroatoms. The first-order valence-corrected chi connectivity index (χ1v) is 5.75. The smallest absolute Gasteiger partial charge is 0.178 e. The van der Waals surface area contributed by atoms with Crippen LogP contribution in [0.3, 0.4) is 0 Å². The third-order valence-electron chi connectivity index (χ3n) is 3.20. The van der Waals surface area contributed by atoms with Crippen molar-refractivity contribution in [3.63, 3.8) is 0 Å². The van der Waals surface area contributed by atoms with E-state index >= 15 is 0 Å². The predicted octanol–water partition coefficient (Wildman–Crippen LogP) is 2.65. The lowest BCUT2D eigenvalue weighted by atomic mass is 10.1. The zero-order valence-corrected chi connectivity index (χ0v) is 10.3. The van der Waals surface area contributed by atoms with E-state index in [-0.39, 0.29) is 5.75 Å². The van der Waals surface area contributed by atoms with E-state index in [4.69, 9.17) is 0 Å². The normalized spacial score (nSPS) is 11.0. The van der Waals surface area contributed by atoms with Gasteiger partial charge in [0.25, 0.3) is 0 Å². The van der Waals surface area contributed by atoms with Crippen molar-refractivity contribution in [1.29, 1.82) is 0 Å². The molecular formula is C14H13N3O. The van der Waals surface area contributed by atoms with E-state index in [1.807, 2.05) is 42.8 Å². The molecule has 3 aromatic rings. The van der Waals surface area contributed by atoms with Gasteiger partial charge in [-0.05, 0) is 25.1 Å². The molecule has 0 aliphatic heterocycles. The van der Waals surface area contributed by atoms with Crippen molar-refractivity contribution in [2.45, 2.75) is 6.92 Å². The fraction of sp³-hybridized carbons (Fsp3) is 0.143. The van der Waals surface area contributed by atoms with E-state index in [1.54, 1.807) is 12.3 Å². The van der Waals surface area contributed by atoms with Gasteiger partial charge in [-0.25, -0.2) is 9.97 Å². The molecule has 2 aromatic heterocycles. The zero-order valence-electron chi connectivity index (χ0n) is 10.3. The highest BCUT2D eigenvalue weighted by Gasteiger charge is 2.13. The van der Waals surface area contributed by atoms with Crippen LogP contribution in [0.4, 0.5) is 0 Å². The van der Waals surface area contributed by atoms with Crippen LogP contribution in [0.15, 0.2) is 36.5 Å². The second-order valence-electron chi connectivity index (χ2n) is 4.29. The van der Waals surface area contributed by atoms with Crippen molar-refractivity contribution in [3.05, 3.63) is 42.1 Å². The number of aromatic hydroxyl groups is 1. The van der Waals surface area contributed by atoms with Gasteiger partial charge in [-0.3, -0.25) is 0 Å². The van der Waals surface area contributed by atoms with Crippen molar-refractivity contribution >= 4 is 11.2 Å². The Bertz CT molecular complexity index is 731. The molecule has 3 rings (SSSR count). The van der Waals surface area contributed by atoms with Gasteiger partial charge in [-0.15, -0.1) is 0 Å². The quantitative estimate of drug-likeness (QED) is 0.710. The second-order valence-corrected chi connectivity index (χ2v) is 4.29. The lowest BCUT2D eigenvalue weighted by Crippen LogP contribution is -1.94. The van der Waals surface area contributed by atoms with E-state index in [9.17, 15) is 5.11 Å². The third kappa shape index (κ3) is 1.46. The SMILES string of the molecule is Cc1c(O)cccc1-c1nc2ncccc2n1C. The number of fused-ring (bicyclic) bond motifs is 1. The number of nitrogens with zero attached hydrogens (tertiary/aromatic N) is 3. The lowest BCUT2D eigenvalue weighted by molar-refractivity contribution is 0.471. The Morgan fingerprint density at radius 1 is 1.17 bits per heavy atom. The minimum atomic E-state index is 0.285. The Morgan fingerprint density at radius 2 is 2.00 bits per heavy atom. The summed E-state index contributed by atoms with van der Waals surface area (Å²) < 4.78 is 1.99. The van der Waals surface area contributed by atoms with Crippen molar-refractivity contribution in [3.8, 4) is 17.1 Å². The maximum Gasteiger partial charge on any atom is 0.178 e. The maximum atomic E-state index is 9.77. The molecule has 1 aromatic carbocycles. The molecule has 0 unspecified atom stereocenters. The van der Waals surface area contributed by atoms with Crippen molar-refractivity contribution in [2.24, 2.45) is 7.05 Å². The fourth-order valence-electron chi connectivity index (χ4n) is 2.13. The summed E-state index contributed by atoms with van der Waals surface area (Å²) in [6.07, 6.45) is 1.73. The number of imidazole rings is 1. The van der Waals surface area contributed by atoms with E-state index in [2.05, 4.69) is 9.97 Å². The van der Waals surface area contributed by atoms with Crippen LogP contribution < -0.4 is 0 Å². The van der Waals surface area contributed by atoms with Crippen LogP contribution in [0.2, 0.25) is 0 Å². The standard InChI is InChI=1S/C14H13N3O/c1-9-10(5-3-7-12(9)18)14-16-13-11(17(14)2)6-4-8-15-13/h3-8,18H,1-2H3. The van der Waals surface area contributed by atoms with Gasteiger partial charge >= 0.3 is 0 Å². The van der Waals surface area contributed by atoms with Gasteiger partial charge in [0.05, 0.1) is 5.52 Å². The topological polar surface area (TPSA) is 50.9 Å². The average Bonchev–Trinajstić information content (AvgIpc) is 2.71. The molecule has 0 bridgehead atoms. The molecule has 2 heterocycles. The molecule has 0 saturated heterocycles. The number of aromatic nitrogens is 3. The number of benzene rings is 1. The van der Waals surface area contributed by atoms with Gasteiger partial charge in [0.2, 0.25) is 0 Å². The van der Waals surface area contributed by atoms with Crippen molar-refractivity contribution in [1.82, 2.24) is 14.5 Å². The minimum Gasteiger partial charge on any atom is -0.508 e. The third-order valence-corrected chi connectivity index (χ3v) is 3.20. The van der Waals surface area contributed by atoms with Crippen LogP contribution in [-0.2, 0) is 7.05 Å². The lowest BCUT2D eigenvalue weighted by Gasteiger charge is -2.07. The van der Waals surface area contributed by atoms with Gasteiger partial charge in [0.15, 0.2) is 5.65 Å². The van der Waals surface area contributed by atoms with Gasteiger partial charge in [-0.2, -0.15) is 0 Å². The molecule has 0 fully saturated rings. The first kappa shape index (κ1) is 10.8. The highest BCUT2D eigenvalue weighted by molar-refractivity contribution is 5.78. The number of phenolic OH excluding ortho intramolecular Hbond substituents is 1. The molecule has 0 atom stereocenters. The van der Waals surface area contributed by atoms with Gasteiger partial charge in [0.1, 0.15) is 11.6 Å². The number of hydrogen-bond donors (Lipinski definition) is 1. The summed E-state index contributed by atoms with van der Waals surface area (Å²) in [6.45, 7) is 1.89. The van der Waals surface area contributed by atoms with Gasteiger partial charge < -0.3 is 9.67 Å². The van der Waals surface area contributed by atoms with Crippen LogP contribution in [0.5, 0.6) is 5.75 Å². The Hall–Kier alpha value is -2.36. The molecule has 18 heavy (non-hydrogen) atoms. The monoisotopic (exact) mass is 239 g/mol. The zero-order chi connectivity index (χ0) is 12.7. The molecule has 0 aliphatic rings. The summed E-state index contributed by atoms with van der Waals surface area (Å²) >= 11 is 0. The predicted molar refractivity (Wildman–Crippen MR) is 70.3 cm³/mol. The summed E-state index contributed by atoms with van der Waals surface area (Å²) in [5.74, 6) is 1.10. The summed E-state index contributed by atoms with van der Waals surface area (Å²) in [5, 5.41) is 9.77. The van der Waals surface area contributed by atoms with Gasteiger partial charge in [-0.1, -0.05) is 12.1 Å². The van der Waals surface area contributed by atoms with E-state index in [0.717, 1.165) is 28.1 Å². The molecule has 4 nitrogen and oxygen atoms in total. The molecule has 0 radical (unpaired) electrons. The average molecular weight is 239 g/mol. The van der Waals surface area contributed by atoms with Crippen molar-refractivity contribution in [2.75, 3.05) is 0 Å². The highest BCUT2D eigenvalue weighted by Crippen LogP contribution is 2.29. The molecular weight excluding hydrogens is 226 g/mol. The van der Waals surface area contributed by atoms with Crippen LogP contribution in [0.1, 0.15) is 5.56 Å². The van der Waals surface area contributed by atoms with Crippen LogP contribution >= 0.6 is 0 Å². The first-order valence-electron chi connectivity index (χ1n) is 5.75. The molecule has 0 amide bonds. The molecule has 0 saturated carbocycles. The van der Waals surface area contributed by atoms with Gasteiger partial charge in [0, 0.05) is 24.4 Å². The maximum absolute atomic E-state index is 9.77. The summed E-state index contributed by atoms with van der Waals surface area (Å²) in [7, 11) is 1.95. The van der Waals surface area contributed by atoms with Crippen LogP contribution in [-0.4, -0.2) is 19.6 Å². The Morgan fingerprint density at radius 3 is 2.78 bits per heavy atom. The highest BCUT2D eigenvalue weighted by atomic mass is 16.3. The number of phenols is 1. The minimum absolute atomic E-state index is 0.285. The van der Waals surface area contributed by atoms with E-state index < -0.39 is 0 Å². The molecule has 0 spiro atoms. The van der Waals surface area contributed by atoms with E-state index in [1.165, 1.54) is 0 Å². The number of aryl methyl sites for hydroxylation is 1. The Labute approximate surface area is 105 Å². The van der Waals surface area contributed by atoms with Crippen LogP contribution in [0.25, 0.3) is 22.6 Å². The first-order chi connectivity index (χ1) is 8.68. The Balaban J connectivity index is 2.32. The molecule has 1 N–H and O–H groups in total. The largest absolute Gasteiger partial charge is 0.508 e. The molecule has 90 valence electrons. The molecule has 0 aliphatic carbocycles. The van der Waals surface area contributed by atoms with Crippen molar-refractivity contribution < 1.29 is 5.11 Å². The Kier molecular flexibility index (Phi) is 2.30. The number of rotatable bonds is 1. The van der Waals surface area contributed by atoms with E-state index in [0.29, 0.717) is 0 Å². The number of hydrogen-bond acceptors (Lipinski definition) is 3. The summed E-state index contributed by atoms with van der Waals surface area (Å²) in [6, 6.07) is 9.33. The number of pyridine rings is 1. The summed E-state index contributed by atoms with van der Waals surface area (Å²) in [4.78, 5) is 8.77. The summed E-state index contributed by atoms with van der Waals surface area (Å²) in [5.41, 5.74) is 3.46. The fourth-order valence-corrected chi connectivity index (χ4v) is 2.13. The van der Waals surface area contributed by atoms with Crippen LogP contribution in [0, 0.1) is 6.92 Å².